The minimum Gasteiger partial charge on any atom is -0.392 e. The lowest BCUT2D eigenvalue weighted by Crippen LogP contribution is -2.50. The quantitative estimate of drug-likeness (QED) is 0.615. The molecule has 0 unspecified atom stereocenters. The maximum Gasteiger partial charge on any atom is 0.0636 e. The first-order valence-corrected chi connectivity index (χ1v) is 4.05. The molecule has 0 saturated heterocycles. The van der Waals surface area contributed by atoms with E-state index in [9.17, 15) is 0 Å². The maximum absolute atomic E-state index is 8.97. The molecular weight excluding hydrogens is 126 g/mol. The zero-order valence-electron chi connectivity index (χ0n) is 6.85. The molecule has 2 N–H and O–H groups in total. The molecule has 2 heteroatoms. The first-order chi connectivity index (χ1) is 4.62. The molecular formula is C8H17NO. The van der Waals surface area contributed by atoms with Gasteiger partial charge in [-0.25, -0.2) is 0 Å². The van der Waals surface area contributed by atoms with Gasteiger partial charge in [0.15, 0.2) is 0 Å². The number of aliphatic hydroxyl groups is 1. The molecule has 1 aliphatic rings. The molecule has 1 fully saturated rings. The molecule has 60 valence electrons. The van der Waals surface area contributed by atoms with Crippen LogP contribution in [0.5, 0.6) is 0 Å². The Balaban J connectivity index is 2.12. The maximum atomic E-state index is 8.97. The number of nitrogens with one attached hydrogen (secondary N) is 1. The van der Waals surface area contributed by atoms with E-state index in [1.54, 1.807) is 0 Å². The Morgan fingerprint density at radius 2 is 2.20 bits per heavy atom. The van der Waals surface area contributed by atoms with E-state index in [1.165, 1.54) is 19.3 Å². The molecule has 0 aliphatic heterocycles. The summed E-state index contributed by atoms with van der Waals surface area (Å²) in [5.41, 5.74) is 0.344. The minimum atomic E-state index is -0.211. The molecule has 0 spiro atoms. The molecule has 0 amide bonds. The second-order valence-corrected chi connectivity index (χ2v) is 3.64. The van der Waals surface area contributed by atoms with Crippen LogP contribution >= 0.6 is 0 Å². The molecule has 1 rings (SSSR count). The molecule has 0 aromatic rings. The molecule has 0 aromatic heterocycles. The molecule has 10 heavy (non-hydrogen) atoms. The molecule has 1 saturated carbocycles. The molecule has 0 aromatic carbocycles. The summed E-state index contributed by atoms with van der Waals surface area (Å²) in [6.45, 7) is 4.77. The summed E-state index contributed by atoms with van der Waals surface area (Å²) in [6.07, 6.45) is 3.65. The third kappa shape index (κ3) is 1.96. The van der Waals surface area contributed by atoms with Gasteiger partial charge in [0.05, 0.1) is 6.10 Å². The average molecular weight is 143 g/mol. The van der Waals surface area contributed by atoms with Gasteiger partial charge in [-0.1, -0.05) is 0 Å². The van der Waals surface area contributed by atoms with Gasteiger partial charge in [0.25, 0.3) is 0 Å². The van der Waals surface area contributed by atoms with Crippen molar-refractivity contribution in [2.45, 2.75) is 44.8 Å². The number of hydrogen-bond donors (Lipinski definition) is 2. The van der Waals surface area contributed by atoms with E-state index in [4.69, 9.17) is 5.11 Å². The Labute approximate surface area is 62.6 Å². The van der Waals surface area contributed by atoms with Gasteiger partial charge in [-0.05, 0) is 33.1 Å². The first kappa shape index (κ1) is 8.02. The predicted octanol–water partition coefficient (Wildman–Crippen LogP) is 0.899. The molecule has 0 bridgehead atoms. The van der Waals surface area contributed by atoms with E-state index in [0.717, 1.165) is 6.54 Å². The highest BCUT2D eigenvalue weighted by molar-refractivity contribution is 4.91. The average Bonchev–Trinajstić information content (AvgIpc) is 1.79. The molecule has 0 heterocycles. The van der Waals surface area contributed by atoms with E-state index in [0.29, 0.717) is 5.54 Å². The lowest BCUT2D eigenvalue weighted by Gasteiger charge is -2.39. The fourth-order valence-electron chi connectivity index (χ4n) is 1.28. The first-order valence-electron chi connectivity index (χ1n) is 4.05. The molecule has 2 nitrogen and oxygen atoms in total. The smallest absolute Gasteiger partial charge is 0.0636 e. The fraction of sp³-hybridized carbons (Fsp3) is 1.00. The SMILES string of the molecule is C[C@H](O)CNC1(C)CCC1. The monoisotopic (exact) mass is 143 g/mol. The molecule has 1 aliphatic carbocycles. The zero-order valence-corrected chi connectivity index (χ0v) is 6.85. The third-order valence-corrected chi connectivity index (χ3v) is 2.28. The van der Waals surface area contributed by atoms with Gasteiger partial charge in [0.1, 0.15) is 0 Å². The van der Waals surface area contributed by atoms with Gasteiger partial charge in [-0.15, -0.1) is 0 Å². The van der Waals surface area contributed by atoms with Gasteiger partial charge >= 0.3 is 0 Å². The summed E-state index contributed by atoms with van der Waals surface area (Å²) < 4.78 is 0. The second kappa shape index (κ2) is 2.89. The van der Waals surface area contributed by atoms with Crippen LogP contribution in [-0.4, -0.2) is 23.3 Å². The van der Waals surface area contributed by atoms with Crippen molar-refractivity contribution in [3.8, 4) is 0 Å². The normalized spacial score (nSPS) is 25.5. The van der Waals surface area contributed by atoms with Gasteiger partial charge in [0.2, 0.25) is 0 Å². The van der Waals surface area contributed by atoms with E-state index in [-0.39, 0.29) is 6.10 Å². The summed E-state index contributed by atoms with van der Waals surface area (Å²) in [7, 11) is 0. The van der Waals surface area contributed by atoms with Crippen molar-refractivity contribution in [2.75, 3.05) is 6.54 Å². The summed E-state index contributed by atoms with van der Waals surface area (Å²) >= 11 is 0. The van der Waals surface area contributed by atoms with Crippen LogP contribution in [0.25, 0.3) is 0 Å². The third-order valence-electron chi connectivity index (χ3n) is 2.28. The Hall–Kier alpha value is -0.0800. The van der Waals surface area contributed by atoms with Crippen molar-refractivity contribution >= 4 is 0 Å². The second-order valence-electron chi connectivity index (χ2n) is 3.64. The van der Waals surface area contributed by atoms with Gasteiger partial charge < -0.3 is 10.4 Å². The van der Waals surface area contributed by atoms with Crippen LogP contribution in [0.4, 0.5) is 0 Å². The Morgan fingerprint density at radius 3 is 2.50 bits per heavy atom. The van der Waals surface area contributed by atoms with Crippen molar-refractivity contribution in [2.24, 2.45) is 0 Å². The highest BCUT2D eigenvalue weighted by Crippen LogP contribution is 2.30. The Morgan fingerprint density at radius 1 is 1.60 bits per heavy atom. The standard InChI is InChI=1S/C8H17NO/c1-7(10)6-9-8(2)4-3-5-8/h7,9-10H,3-6H2,1-2H3/t7-/m0/s1. The van der Waals surface area contributed by atoms with Crippen LogP contribution in [0.1, 0.15) is 33.1 Å². The molecule has 0 radical (unpaired) electrons. The van der Waals surface area contributed by atoms with Crippen molar-refractivity contribution in [1.29, 1.82) is 0 Å². The van der Waals surface area contributed by atoms with E-state index in [2.05, 4.69) is 12.2 Å². The van der Waals surface area contributed by atoms with Gasteiger partial charge in [0, 0.05) is 12.1 Å². The fourth-order valence-corrected chi connectivity index (χ4v) is 1.28. The van der Waals surface area contributed by atoms with Crippen LogP contribution in [0.15, 0.2) is 0 Å². The number of aliphatic hydroxyl groups excluding tert-OH is 1. The topological polar surface area (TPSA) is 32.3 Å². The van der Waals surface area contributed by atoms with E-state index in [1.807, 2.05) is 6.92 Å². The Bertz CT molecular complexity index is 108. The largest absolute Gasteiger partial charge is 0.392 e. The van der Waals surface area contributed by atoms with Crippen LogP contribution in [-0.2, 0) is 0 Å². The van der Waals surface area contributed by atoms with E-state index < -0.39 is 0 Å². The molecule has 1 atom stereocenters. The van der Waals surface area contributed by atoms with Crippen LogP contribution in [0.2, 0.25) is 0 Å². The van der Waals surface area contributed by atoms with Crippen molar-refractivity contribution < 1.29 is 5.11 Å². The summed E-state index contributed by atoms with van der Waals surface area (Å²) in [4.78, 5) is 0. The summed E-state index contributed by atoms with van der Waals surface area (Å²) in [5, 5.41) is 12.3. The van der Waals surface area contributed by atoms with Crippen LogP contribution in [0, 0.1) is 0 Å². The van der Waals surface area contributed by atoms with Gasteiger partial charge in [-0.2, -0.15) is 0 Å². The Kier molecular flexibility index (Phi) is 2.32. The minimum absolute atomic E-state index is 0.211. The number of hydrogen-bond acceptors (Lipinski definition) is 2. The summed E-state index contributed by atoms with van der Waals surface area (Å²) in [5.74, 6) is 0. The lowest BCUT2D eigenvalue weighted by atomic mass is 9.78. The van der Waals surface area contributed by atoms with Crippen LogP contribution < -0.4 is 5.32 Å². The van der Waals surface area contributed by atoms with Gasteiger partial charge in [-0.3, -0.25) is 0 Å². The van der Waals surface area contributed by atoms with E-state index >= 15 is 0 Å². The van der Waals surface area contributed by atoms with Crippen molar-refractivity contribution in [1.82, 2.24) is 5.32 Å². The predicted molar refractivity (Wildman–Crippen MR) is 41.9 cm³/mol. The van der Waals surface area contributed by atoms with Crippen molar-refractivity contribution in [3.05, 3.63) is 0 Å². The lowest BCUT2D eigenvalue weighted by molar-refractivity contribution is 0.143. The summed E-state index contributed by atoms with van der Waals surface area (Å²) in [6, 6.07) is 0. The zero-order chi connectivity index (χ0) is 7.61. The highest BCUT2D eigenvalue weighted by Gasteiger charge is 2.30. The highest BCUT2D eigenvalue weighted by atomic mass is 16.3. The van der Waals surface area contributed by atoms with Crippen molar-refractivity contribution in [3.63, 3.8) is 0 Å². The number of rotatable bonds is 3. The van der Waals surface area contributed by atoms with Crippen LogP contribution in [0.3, 0.4) is 0 Å². The number of β-amino-alcohol motifs (C(OH)–C–C–N with tert-alkyl or cyclic N) is 1.